The Kier molecular flexibility index (Phi) is 7.55. The Balaban J connectivity index is 1.90. The minimum Gasteiger partial charge on any atom is -0.465 e. The van der Waals surface area contributed by atoms with E-state index in [-0.39, 0.29) is 24.1 Å². The summed E-state index contributed by atoms with van der Waals surface area (Å²) in [5.74, 6) is -1.48. The van der Waals surface area contributed by atoms with E-state index in [1.165, 1.54) is 31.4 Å². The second kappa shape index (κ2) is 10.1. The van der Waals surface area contributed by atoms with E-state index in [1.807, 2.05) is 37.3 Å². The monoisotopic (exact) mass is 369 g/mol. The highest BCUT2D eigenvalue weighted by Gasteiger charge is 2.16. The molecule has 6 heteroatoms. The number of carbonyl (C=O) groups excluding carboxylic acids is 3. The van der Waals surface area contributed by atoms with Gasteiger partial charge in [-0.1, -0.05) is 43.7 Å². The molecule has 6 nitrogen and oxygen atoms in total. The molecule has 1 amide bonds. The Morgan fingerprint density at radius 2 is 1.52 bits per heavy atom. The summed E-state index contributed by atoms with van der Waals surface area (Å²) in [6.45, 7) is 1.67. The quantitative estimate of drug-likeness (QED) is 0.722. The molecule has 2 aromatic carbocycles. The van der Waals surface area contributed by atoms with Crippen LogP contribution in [0.2, 0.25) is 0 Å². The molecule has 0 bridgehead atoms. The zero-order valence-electron chi connectivity index (χ0n) is 15.4. The first-order valence-electron chi connectivity index (χ1n) is 8.75. The van der Waals surface area contributed by atoms with Crippen LogP contribution in [0.3, 0.4) is 0 Å². The van der Waals surface area contributed by atoms with Crippen LogP contribution in [0, 0.1) is 0 Å². The van der Waals surface area contributed by atoms with Crippen molar-refractivity contribution in [2.75, 3.05) is 13.7 Å². The van der Waals surface area contributed by atoms with Gasteiger partial charge in [0.2, 0.25) is 0 Å². The predicted octanol–water partition coefficient (Wildman–Crippen LogP) is 3.29. The summed E-state index contributed by atoms with van der Waals surface area (Å²) in [5, 5.41) is 2.90. The zero-order valence-corrected chi connectivity index (χ0v) is 15.4. The molecule has 0 saturated heterocycles. The van der Waals surface area contributed by atoms with E-state index < -0.39 is 11.9 Å². The summed E-state index contributed by atoms with van der Waals surface area (Å²) < 4.78 is 9.67. The van der Waals surface area contributed by atoms with E-state index in [1.54, 1.807) is 0 Å². The number of esters is 2. The molecule has 1 atom stereocenters. The van der Waals surface area contributed by atoms with Crippen LogP contribution in [0.4, 0.5) is 0 Å². The van der Waals surface area contributed by atoms with Crippen LogP contribution in [0.1, 0.15) is 52.1 Å². The molecule has 0 heterocycles. The fourth-order valence-electron chi connectivity index (χ4n) is 2.61. The molecule has 0 aromatic heterocycles. The SMILES string of the molecule is CCC[C@H](NC(=O)COC(=O)c1ccc(C(=O)OC)cc1)c1ccccc1. The first-order valence-corrected chi connectivity index (χ1v) is 8.75. The largest absolute Gasteiger partial charge is 0.465 e. The number of hydrogen-bond donors (Lipinski definition) is 1. The lowest BCUT2D eigenvalue weighted by Gasteiger charge is -2.18. The van der Waals surface area contributed by atoms with Crippen molar-refractivity contribution in [3.05, 3.63) is 71.3 Å². The number of rotatable bonds is 8. The topological polar surface area (TPSA) is 81.7 Å². The van der Waals surface area contributed by atoms with Gasteiger partial charge in [-0.25, -0.2) is 9.59 Å². The molecule has 1 N–H and O–H groups in total. The molecule has 0 spiro atoms. The highest BCUT2D eigenvalue weighted by atomic mass is 16.5. The third-order valence-corrected chi connectivity index (χ3v) is 3.99. The minimum atomic E-state index is -0.631. The summed E-state index contributed by atoms with van der Waals surface area (Å²) in [6, 6.07) is 15.4. The van der Waals surface area contributed by atoms with Crippen molar-refractivity contribution in [1.29, 1.82) is 0 Å². The highest BCUT2D eigenvalue weighted by molar-refractivity contribution is 5.94. The molecule has 0 unspecified atom stereocenters. The normalized spacial score (nSPS) is 11.3. The van der Waals surface area contributed by atoms with Crippen molar-refractivity contribution in [2.24, 2.45) is 0 Å². The van der Waals surface area contributed by atoms with Gasteiger partial charge in [0.25, 0.3) is 5.91 Å². The molecule has 0 saturated carbocycles. The summed E-state index contributed by atoms with van der Waals surface area (Å²) >= 11 is 0. The molecule has 0 fully saturated rings. The molecule has 0 aliphatic heterocycles. The maximum atomic E-state index is 12.2. The van der Waals surface area contributed by atoms with E-state index in [9.17, 15) is 14.4 Å². The van der Waals surface area contributed by atoms with Gasteiger partial charge in [0.15, 0.2) is 6.61 Å². The second-order valence-electron chi connectivity index (χ2n) is 5.96. The van der Waals surface area contributed by atoms with Crippen LogP contribution in [-0.2, 0) is 14.3 Å². The second-order valence-corrected chi connectivity index (χ2v) is 5.96. The number of benzene rings is 2. The van der Waals surface area contributed by atoms with Gasteiger partial charge in [-0.05, 0) is 36.2 Å². The summed E-state index contributed by atoms with van der Waals surface area (Å²) in [7, 11) is 1.28. The van der Waals surface area contributed by atoms with Gasteiger partial charge in [0.05, 0.1) is 24.3 Å². The molecule has 0 aliphatic rings. The van der Waals surface area contributed by atoms with Crippen LogP contribution >= 0.6 is 0 Å². The van der Waals surface area contributed by atoms with Crippen molar-refractivity contribution in [3.8, 4) is 0 Å². The molecule has 142 valence electrons. The van der Waals surface area contributed by atoms with Crippen molar-refractivity contribution < 1.29 is 23.9 Å². The smallest absolute Gasteiger partial charge is 0.338 e. The molecule has 2 rings (SSSR count). The van der Waals surface area contributed by atoms with E-state index >= 15 is 0 Å². The minimum absolute atomic E-state index is 0.123. The van der Waals surface area contributed by atoms with Crippen molar-refractivity contribution in [1.82, 2.24) is 5.32 Å². The fourth-order valence-corrected chi connectivity index (χ4v) is 2.61. The van der Waals surface area contributed by atoms with Gasteiger partial charge in [-0.2, -0.15) is 0 Å². The van der Waals surface area contributed by atoms with Crippen LogP contribution in [0.15, 0.2) is 54.6 Å². The number of nitrogens with one attached hydrogen (secondary N) is 1. The van der Waals surface area contributed by atoms with Gasteiger partial charge in [-0.15, -0.1) is 0 Å². The Hall–Kier alpha value is -3.15. The molecule has 0 aliphatic carbocycles. The van der Waals surface area contributed by atoms with E-state index in [0.717, 1.165) is 18.4 Å². The standard InChI is InChI=1S/C21H23NO5/c1-3-7-18(15-8-5-4-6-9-15)22-19(23)14-27-21(25)17-12-10-16(11-13-17)20(24)26-2/h4-6,8-13,18H,3,7,14H2,1-2H3,(H,22,23)/t18-/m0/s1. The maximum absolute atomic E-state index is 12.2. The lowest BCUT2D eigenvalue weighted by molar-refractivity contribution is -0.125. The summed E-state index contributed by atoms with van der Waals surface area (Å²) in [4.78, 5) is 35.6. The molecule has 0 radical (unpaired) electrons. The number of carbonyl (C=O) groups is 3. The average Bonchev–Trinajstić information content (AvgIpc) is 2.72. The van der Waals surface area contributed by atoms with Crippen molar-refractivity contribution in [2.45, 2.75) is 25.8 Å². The van der Waals surface area contributed by atoms with Gasteiger partial charge >= 0.3 is 11.9 Å². The third kappa shape index (κ3) is 5.95. The van der Waals surface area contributed by atoms with Gasteiger partial charge in [0.1, 0.15) is 0 Å². The predicted molar refractivity (Wildman–Crippen MR) is 100 cm³/mol. The highest BCUT2D eigenvalue weighted by Crippen LogP contribution is 2.18. The van der Waals surface area contributed by atoms with Crippen LogP contribution in [-0.4, -0.2) is 31.6 Å². The van der Waals surface area contributed by atoms with Crippen molar-refractivity contribution >= 4 is 17.8 Å². The van der Waals surface area contributed by atoms with Crippen LogP contribution in [0.25, 0.3) is 0 Å². The number of methoxy groups -OCH3 is 1. The van der Waals surface area contributed by atoms with Crippen LogP contribution < -0.4 is 5.32 Å². The molecule has 27 heavy (non-hydrogen) atoms. The first-order chi connectivity index (χ1) is 13.0. The Bertz CT molecular complexity index is 771. The Labute approximate surface area is 158 Å². The Morgan fingerprint density at radius 3 is 2.07 bits per heavy atom. The molecular formula is C21H23NO5. The van der Waals surface area contributed by atoms with Crippen LogP contribution in [0.5, 0.6) is 0 Å². The average molecular weight is 369 g/mol. The number of amides is 1. The number of ether oxygens (including phenoxy) is 2. The van der Waals surface area contributed by atoms with E-state index in [0.29, 0.717) is 5.56 Å². The Morgan fingerprint density at radius 1 is 0.926 bits per heavy atom. The summed E-state index contributed by atoms with van der Waals surface area (Å²) in [6.07, 6.45) is 1.70. The maximum Gasteiger partial charge on any atom is 0.338 e. The zero-order chi connectivity index (χ0) is 19.6. The first kappa shape index (κ1) is 20.2. The van der Waals surface area contributed by atoms with Crippen molar-refractivity contribution in [3.63, 3.8) is 0 Å². The lowest BCUT2D eigenvalue weighted by atomic mass is 10.0. The third-order valence-electron chi connectivity index (χ3n) is 3.99. The van der Waals surface area contributed by atoms with E-state index in [2.05, 4.69) is 10.1 Å². The molecule has 2 aromatic rings. The van der Waals surface area contributed by atoms with E-state index in [4.69, 9.17) is 4.74 Å². The fraction of sp³-hybridized carbons (Fsp3) is 0.286. The summed E-state index contributed by atoms with van der Waals surface area (Å²) in [5.41, 5.74) is 1.60. The molecular weight excluding hydrogens is 346 g/mol. The van der Waals surface area contributed by atoms with Gasteiger partial charge in [-0.3, -0.25) is 4.79 Å². The van der Waals surface area contributed by atoms with Gasteiger partial charge in [0, 0.05) is 0 Å². The number of hydrogen-bond acceptors (Lipinski definition) is 5. The lowest BCUT2D eigenvalue weighted by Crippen LogP contribution is -2.32. The van der Waals surface area contributed by atoms with Gasteiger partial charge < -0.3 is 14.8 Å².